The highest BCUT2D eigenvalue weighted by atomic mass is 16.5. The molecule has 3 N–H and O–H groups in total. The lowest BCUT2D eigenvalue weighted by Gasteiger charge is -2.15. The van der Waals surface area contributed by atoms with Crippen molar-refractivity contribution in [3.63, 3.8) is 0 Å². The first-order chi connectivity index (χ1) is 15.2. The first kappa shape index (κ1) is 23.9. The molecule has 2 aromatic heterocycles. The van der Waals surface area contributed by atoms with Gasteiger partial charge < -0.3 is 25.3 Å². The molecule has 11 heteroatoms. The highest BCUT2D eigenvalue weighted by Gasteiger charge is 2.28. The molecule has 3 atom stereocenters. The van der Waals surface area contributed by atoms with Gasteiger partial charge >= 0.3 is 5.97 Å². The number of methoxy groups -OCH3 is 1. The fraction of sp³-hybridized carbons (Fsp3) is 0.619. The van der Waals surface area contributed by atoms with Crippen molar-refractivity contribution >= 4 is 17.7 Å². The van der Waals surface area contributed by atoms with E-state index in [1.54, 1.807) is 26.3 Å². The summed E-state index contributed by atoms with van der Waals surface area (Å²) < 4.78 is 19.1. The third-order valence-corrected chi connectivity index (χ3v) is 5.34. The number of aryl methyl sites for hydroxylation is 1. The number of carbonyl (C=O) groups excluding carboxylic acids is 2. The normalized spacial score (nSPS) is 19.3. The van der Waals surface area contributed by atoms with E-state index in [0.717, 1.165) is 6.42 Å². The molecule has 0 spiro atoms. The lowest BCUT2D eigenvalue weighted by molar-refractivity contribution is -0.150. The second kappa shape index (κ2) is 10.2. The van der Waals surface area contributed by atoms with E-state index in [9.17, 15) is 9.59 Å². The zero-order valence-corrected chi connectivity index (χ0v) is 19.2. The molecule has 1 aliphatic rings. The summed E-state index contributed by atoms with van der Waals surface area (Å²) in [5.74, 6) is -0.168. The van der Waals surface area contributed by atoms with E-state index in [2.05, 4.69) is 22.4 Å². The standard InChI is InChI=1S/C21H32N6O5/c1-12(2)19(22)21(29)32-11-27-18(8-15(25-27)17-6-13(3)9-31-17)23-20(28)16-7-14(10-30-5)24-26(16)4/h7-8,12-13,17,19H,6,9-11,22H2,1-5H3,(H,23,28). The van der Waals surface area contributed by atoms with Gasteiger partial charge in [0.25, 0.3) is 5.91 Å². The molecular weight excluding hydrogens is 416 g/mol. The summed E-state index contributed by atoms with van der Waals surface area (Å²) in [5, 5.41) is 11.6. The molecule has 176 valence electrons. The van der Waals surface area contributed by atoms with Crippen molar-refractivity contribution in [2.45, 2.75) is 52.7 Å². The molecule has 0 saturated carbocycles. The van der Waals surface area contributed by atoms with E-state index in [0.29, 0.717) is 42.0 Å². The molecule has 0 aliphatic carbocycles. The second-order valence-electron chi connectivity index (χ2n) is 8.51. The Morgan fingerprint density at radius 1 is 1.34 bits per heavy atom. The molecule has 0 bridgehead atoms. The highest BCUT2D eigenvalue weighted by molar-refractivity contribution is 6.02. The summed E-state index contributed by atoms with van der Waals surface area (Å²) in [7, 11) is 3.24. The highest BCUT2D eigenvalue weighted by Crippen LogP contribution is 2.32. The van der Waals surface area contributed by atoms with Crippen molar-refractivity contribution in [1.29, 1.82) is 0 Å². The Morgan fingerprint density at radius 3 is 2.72 bits per heavy atom. The fourth-order valence-electron chi connectivity index (χ4n) is 3.41. The third-order valence-electron chi connectivity index (χ3n) is 5.34. The molecule has 0 aromatic carbocycles. The van der Waals surface area contributed by atoms with Crippen LogP contribution < -0.4 is 11.1 Å². The van der Waals surface area contributed by atoms with Crippen molar-refractivity contribution in [1.82, 2.24) is 19.6 Å². The quantitative estimate of drug-likeness (QED) is 0.552. The Balaban J connectivity index is 1.80. The van der Waals surface area contributed by atoms with Crippen molar-refractivity contribution in [2.75, 3.05) is 19.0 Å². The number of aromatic nitrogens is 4. The Labute approximate surface area is 187 Å². The van der Waals surface area contributed by atoms with E-state index in [1.165, 1.54) is 9.36 Å². The van der Waals surface area contributed by atoms with Gasteiger partial charge in [0.05, 0.1) is 24.6 Å². The maximum atomic E-state index is 12.9. The van der Waals surface area contributed by atoms with Crippen LogP contribution in [0.2, 0.25) is 0 Å². The molecule has 2 aromatic rings. The van der Waals surface area contributed by atoms with Crippen LogP contribution in [0.1, 0.15) is 55.2 Å². The molecule has 1 aliphatic heterocycles. The minimum Gasteiger partial charge on any atom is -0.441 e. The van der Waals surface area contributed by atoms with E-state index in [4.69, 9.17) is 19.9 Å². The lowest BCUT2D eigenvalue weighted by atomic mass is 10.1. The van der Waals surface area contributed by atoms with Crippen LogP contribution in [0.3, 0.4) is 0 Å². The van der Waals surface area contributed by atoms with Crippen LogP contribution in [-0.4, -0.2) is 51.2 Å². The number of ether oxygens (including phenoxy) is 3. The van der Waals surface area contributed by atoms with Gasteiger partial charge in [-0.15, -0.1) is 0 Å². The number of nitrogens with zero attached hydrogens (tertiary/aromatic N) is 4. The molecular formula is C21H32N6O5. The lowest BCUT2D eigenvalue weighted by Crippen LogP contribution is -2.37. The Kier molecular flexibility index (Phi) is 7.64. The maximum absolute atomic E-state index is 12.9. The average Bonchev–Trinajstić information content (AvgIpc) is 3.44. The number of hydrogen-bond donors (Lipinski definition) is 2. The number of nitrogens with one attached hydrogen (secondary N) is 1. The van der Waals surface area contributed by atoms with Crippen LogP contribution in [0.15, 0.2) is 12.1 Å². The minimum atomic E-state index is -0.740. The molecule has 1 saturated heterocycles. The zero-order valence-electron chi connectivity index (χ0n) is 19.2. The first-order valence-electron chi connectivity index (χ1n) is 10.6. The number of rotatable bonds is 9. The predicted molar refractivity (Wildman–Crippen MR) is 115 cm³/mol. The summed E-state index contributed by atoms with van der Waals surface area (Å²) in [6.45, 7) is 6.55. The number of hydrogen-bond acceptors (Lipinski definition) is 8. The van der Waals surface area contributed by atoms with Gasteiger partial charge in [0.15, 0.2) is 6.73 Å². The molecule has 3 unspecified atom stereocenters. The monoisotopic (exact) mass is 448 g/mol. The number of nitrogens with two attached hydrogens (primary N) is 1. The summed E-state index contributed by atoms with van der Waals surface area (Å²) in [4.78, 5) is 25.1. The summed E-state index contributed by atoms with van der Waals surface area (Å²) in [6, 6.07) is 2.66. The second-order valence-corrected chi connectivity index (χ2v) is 8.51. The summed E-state index contributed by atoms with van der Waals surface area (Å²) >= 11 is 0. The molecule has 32 heavy (non-hydrogen) atoms. The molecule has 0 radical (unpaired) electrons. The number of esters is 1. The average molecular weight is 449 g/mol. The Morgan fingerprint density at radius 2 is 2.09 bits per heavy atom. The topological polar surface area (TPSA) is 136 Å². The first-order valence-corrected chi connectivity index (χ1v) is 10.6. The molecule has 1 fully saturated rings. The summed E-state index contributed by atoms with van der Waals surface area (Å²) in [6.07, 6.45) is 0.644. The van der Waals surface area contributed by atoms with Gasteiger partial charge in [-0.2, -0.15) is 10.2 Å². The SMILES string of the molecule is COCc1cc(C(=O)Nc2cc(C3CC(C)CO3)nn2COC(=O)C(N)C(C)C)n(C)n1. The molecule has 11 nitrogen and oxygen atoms in total. The molecule has 3 rings (SSSR count). The summed E-state index contributed by atoms with van der Waals surface area (Å²) in [5.41, 5.74) is 7.53. The third kappa shape index (κ3) is 5.53. The van der Waals surface area contributed by atoms with Crippen molar-refractivity contribution < 1.29 is 23.8 Å². The zero-order chi connectivity index (χ0) is 23.4. The Bertz CT molecular complexity index is 953. The van der Waals surface area contributed by atoms with Crippen LogP contribution in [0.5, 0.6) is 0 Å². The van der Waals surface area contributed by atoms with Gasteiger partial charge in [-0.1, -0.05) is 20.8 Å². The molecule has 3 heterocycles. The molecule has 1 amide bonds. The fourth-order valence-corrected chi connectivity index (χ4v) is 3.41. The van der Waals surface area contributed by atoms with Crippen molar-refractivity contribution in [2.24, 2.45) is 24.6 Å². The van der Waals surface area contributed by atoms with Gasteiger partial charge in [-0.3, -0.25) is 14.3 Å². The van der Waals surface area contributed by atoms with Gasteiger partial charge in [-0.05, 0) is 24.3 Å². The van der Waals surface area contributed by atoms with E-state index >= 15 is 0 Å². The number of amides is 1. The van der Waals surface area contributed by atoms with Gasteiger partial charge in [0.2, 0.25) is 0 Å². The van der Waals surface area contributed by atoms with Gasteiger partial charge in [-0.25, -0.2) is 4.68 Å². The smallest absolute Gasteiger partial charge is 0.324 e. The number of carbonyl (C=O) groups is 2. The van der Waals surface area contributed by atoms with E-state index < -0.39 is 12.0 Å². The predicted octanol–water partition coefficient (Wildman–Crippen LogP) is 1.60. The van der Waals surface area contributed by atoms with Crippen LogP contribution in [0, 0.1) is 11.8 Å². The minimum absolute atomic E-state index is 0.0608. The van der Waals surface area contributed by atoms with Crippen LogP contribution >= 0.6 is 0 Å². The van der Waals surface area contributed by atoms with Gasteiger partial charge in [0.1, 0.15) is 23.7 Å². The van der Waals surface area contributed by atoms with Crippen LogP contribution in [0.25, 0.3) is 0 Å². The Hall–Kier alpha value is -2.76. The van der Waals surface area contributed by atoms with Gasteiger partial charge in [0, 0.05) is 20.2 Å². The van der Waals surface area contributed by atoms with Crippen LogP contribution in [-0.2, 0) is 39.4 Å². The van der Waals surface area contributed by atoms with E-state index in [1.807, 2.05) is 13.8 Å². The van der Waals surface area contributed by atoms with Crippen molar-refractivity contribution in [3.05, 3.63) is 29.2 Å². The number of anilines is 1. The van der Waals surface area contributed by atoms with Crippen LogP contribution in [0.4, 0.5) is 5.82 Å². The largest absolute Gasteiger partial charge is 0.441 e. The van der Waals surface area contributed by atoms with Crippen molar-refractivity contribution in [3.8, 4) is 0 Å². The van der Waals surface area contributed by atoms with E-state index in [-0.39, 0.29) is 24.7 Å². The maximum Gasteiger partial charge on any atom is 0.324 e.